The minimum absolute atomic E-state index is 0.190. The van der Waals surface area contributed by atoms with Gasteiger partial charge in [0.05, 0.1) is 12.6 Å². The fourth-order valence-corrected chi connectivity index (χ4v) is 2.00. The molecule has 0 aliphatic rings. The van der Waals surface area contributed by atoms with Gasteiger partial charge in [-0.3, -0.25) is 14.6 Å². The van der Waals surface area contributed by atoms with Gasteiger partial charge in [0.25, 0.3) is 5.56 Å². The highest BCUT2D eigenvalue weighted by Crippen LogP contribution is 2.08. The molecule has 7 nitrogen and oxygen atoms in total. The van der Waals surface area contributed by atoms with E-state index in [4.69, 9.17) is 11.6 Å². The van der Waals surface area contributed by atoms with Crippen molar-refractivity contribution in [2.45, 2.75) is 13.3 Å². The first-order chi connectivity index (χ1) is 10.5. The van der Waals surface area contributed by atoms with Crippen LogP contribution in [0.25, 0.3) is 0 Å². The van der Waals surface area contributed by atoms with Gasteiger partial charge in [0, 0.05) is 16.3 Å². The molecule has 0 saturated carbocycles. The first-order valence-corrected chi connectivity index (χ1v) is 6.73. The van der Waals surface area contributed by atoms with Crippen LogP contribution in [0.1, 0.15) is 16.8 Å². The van der Waals surface area contributed by atoms with Crippen molar-refractivity contribution in [1.82, 2.24) is 15.4 Å². The van der Waals surface area contributed by atoms with E-state index < -0.39 is 17.2 Å². The van der Waals surface area contributed by atoms with Gasteiger partial charge in [-0.2, -0.15) is 5.10 Å². The van der Waals surface area contributed by atoms with E-state index in [0.717, 1.165) is 5.56 Å². The molecular formula is C14H13ClN4O3. The molecule has 0 radical (unpaired) electrons. The maximum absolute atomic E-state index is 11.8. The van der Waals surface area contributed by atoms with E-state index in [1.807, 2.05) is 0 Å². The number of aromatic amines is 2. The summed E-state index contributed by atoms with van der Waals surface area (Å²) in [4.78, 5) is 38.9. The fourth-order valence-electron chi connectivity index (χ4n) is 1.80. The number of hydrogen-bond acceptors (Lipinski definition) is 4. The Bertz CT molecular complexity index is 838. The molecule has 1 aromatic heterocycles. The lowest BCUT2D eigenvalue weighted by atomic mass is 10.1. The minimum atomic E-state index is -0.606. The van der Waals surface area contributed by atoms with Gasteiger partial charge >= 0.3 is 5.69 Å². The highest BCUT2D eigenvalue weighted by atomic mass is 35.5. The second-order valence-electron chi connectivity index (χ2n) is 4.54. The molecule has 1 aromatic carbocycles. The summed E-state index contributed by atoms with van der Waals surface area (Å²) in [5.74, 6) is -0.473. The summed E-state index contributed by atoms with van der Waals surface area (Å²) in [6, 6.07) is 6.95. The van der Waals surface area contributed by atoms with Gasteiger partial charge in [-0.05, 0) is 24.6 Å². The molecule has 0 unspecified atom stereocenters. The van der Waals surface area contributed by atoms with Crippen molar-refractivity contribution in [2.75, 3.05) is 0 Å². The Balaban J connectivity index is 2.02. The van der Waals surface area contributed by atoms with Crippen LogP contribution in [0, 0.1) is 6.92 Å². The maximum atomic E-state index is 11.8. The topological polar surface area (TPSA) is 107 Å². The van der Waals surface area contributed by atoms with Crippen LogP contribution in [0.15, 0.2) is 39.0 Å². The largest absolute Gasteiger partial charge is 0.325 e. The zero-order chi connectivity index (χ0) is 16.1. The van der Waals surface area contributed by atoms with Gasteiger partial charge < -0.3 is 4.98 Å². The standard InChI is InChI=1S/C14H13ClN4O3/c1-8-11(13(21)18-14(22)17-8)6-12(20)19-16-7-9-3-2-4-10(15)5-9/h2-5,7H,6H2,1H3,(H,19,20)(H2,17,18,21,22)/b16-7-. The minimum Gasteiger partial charge on any atom is -0.311 e. The molecule has 0 saturated heterocycles. The van der Waals surface area contributed by atoms with Gasteiger partial charge in [0.1, 0.15) is 0 Å². The number of hydrogen-bond donors (Lipinski definition) is 3. The zero-order valence-corrected chi connectivity index (χ0v) is 12.4. The van der Waals surface area contributed by atoms with Crippen molar-refractivity contribution in [3.8, 4) is 0 Å². The van der Waals surface area contributed by atoms with E-state index in [1.165, 1.54) is 6.21 Å². The van der Waals surface area contributed by atoms with E-state index >= 15 is 0 Å². The third-order valence-electron chi connectivity index (χ3n) is 2.84. The summed E-state index contributed by atoms with van der Waals surface area (Å²) >= 11 is 5.83. The number of H-pyrrole nitrogens is 2. The van der Waals surface area contributed by atoms with Gasteiger partial charge in [-0.25, -0.2) is 10.2 Å². The number of amides is 1. The van der Waals surface area contributed by atoms with Crippen molar-refractivity contribution >= 4 is 23.7 Å². The second kappa shape index (κ2) is 6.86. The number of aryl methyl sites for hydroxylation is 1. The molecule has 8 heteroatoms. The summed E-state index contributed by atoms with van der Waals surface area (Å²) in [5.41, 5.74) is 2.38. The van der Waals surface area contributed by atoms with Crippen molar-refractivity contribution in [3.63, 3.8) is 0 Å². The predicted octanol–water partition coefficient (Wildman–Crippen LogP) is 0.718. The van der Waals surface area contributed by atoms with E-state index in [1.54, 1.807) is 31.2 Å². The van der Waals surface area contributed by atoms with Crippen molar-refractivity contribution in [3.05, 3.63) is 66.9 Å². The Morgan fingerprint density at radius 1 is 1.36 bits per heavy atom. The molecule has 2 aromatic rings. The first-order valence-electron chi connectivity index (χ1n) is 6.35. The molecule has 1 heterocycles. The molecule has 2 rings (SSSR count). The fraction of sp³-hybridized carbons (Fsp3) is 0.143. The predicted molar refractivity (Wildman–Crippen MR) is 83.3 cm³/mol. The number of rotatable bonds is 4. The maximum Gasteiger partial charge on any atom is 0.325 e. The van der Waals surface area contributed by atoms with Crippen LogP contribution in [-0.4, -0.2) is 22.1 Å². The van der Waals surface area contributed by atoms with Crippen LogP contribution < -0.4 is 16.7 Å². The quantitative estimate of drug-likeness (QED) is 0.570. The summed E-state index contributed by atoms with van der Waals surface area (Å²) in [7, 11) is 0. The highest BCUT2D eigenvalue weighted by molar-refractivity contribution is 6.30. The number of aromatic nitrogens is 2. The Kier molecular flexibility index (Phi) is 4.90. The van der Waals surface area contributed by atoms with Crippen LogP contribution in [0.4, 0.5) is 0 Å². The number of benzene rings is 1. The van der Waals surface area contributed by atoms with E-state index in [-0.39, 0.29) is 12.0 Å². The third-order valence-corrected chi connectivity index (χ3v) is 3.08. The average molecular weight is 321 g/mol. The van der Waals surface area contributed by atoms with Gasteiger partial charge in [0.2, 0.25) is 5.91 Å². The highest BCUT2D eigenvalue weighted by Gasteiger charge is 2.10. The lowest BCUT2D eigenvalue weighted by molar-refractivity contribution is -0.120. The number of nitrogens with zero attached hydrogens (tertiary/aromatic N) is 1. The number of hydrazone groups is 1. The van der Waals surface area contributed by atoms with Gasteiger partial charge in [-0.15, -0.1) is 0 Å². The second-order valence-corrected chi connectivity index (χ2v) is 4.97. The monoisotopic (exact) mass is 320 g/mol. The molecule has 0 aliphatic heterocycles. The van der Waals surface area contributed by atoms with E-state index in [2.05, 4.69) is 20.5 Å². The molecule has 3 N–H and O–H groups in total. The number of carbonyl (C=O) groups excluding carboxylic acids is 1. The van der Waals surface area contributed by atoms with Crippen LogP contribution in [0.3, 0.4) is 0 Å². The normalized spacial score (nSPS) is 10.8. The van der Waals surface area contributed by atoms with Crippen LogP contribution >= 0.6 is 11.6 Å². The SMILES string of the molecule is Cc1[nH]c(=O)[nH]c(=O)c1CC(=O)N/N=C\c1cccc(Cl)c1. The molecule has 1 amide bonds. The number of carbonyl (C=O) groups is 1. The Hall–Kier alpha value is -2.67. The number of halogens is 1. The smallest absolute Gasteiger partial charge is 0.311 e. The average Bonchev–Trinajstić information content (AvgIpc) is 2.43. The van der Waals surface area contributed by atoms with Gasteiger partial charge in [0.15, 0.2) is 0 Å². The van der Waals surface area contributed by atoms with E-state index in [9.17, 15) is 14.4 Å². The molecule has 0 bridgehead atoms. The number of nitrogens with one attached hydrogen (secondary N) is 3. The molecule has 0 aliphatic carbocycles. The van der Waals surface area contributed by atoms with Crippen molar-refractivity contribution in [2.24, 2.45) is 5.10 Å². The van der Waals surface area contributed by atoms with Gasteiger partial charge in [-0.1, -0.05) is 23.7 Å². The van der Waals surface area contributed by atoms with Crippen LogP contribution in [-0.2, 0) is 11.2 Å². The molecule has 0 fully saturated rings. The van der Waals surface area contributed by atoms with Crippen LogP contribution in [0.5, 0.6) is 0 Å². The lowest BCUT2D eigenvalue weighted by Crippen LogP contribution is -2.30. The Morgan fingerprint density at radius 2 is 2.14 bits per heavy atom. The molecule has 22 heavy (non-hydrogen) atoms. The summed E-state index contributed by atoms with van der Waals surface area (Å²) in [5, 5.41) is 4.35. The summed E-state index contributed by atoms with van der Waals surface area (Å²) < 4.78 is 0. The first kappa shape index (κ1) is 15.7. The van der Waals surface area contributed by atoms with Crippen molar-refractivity contribution < 1.29 is 4.79 Å². The van der Waals surface area contributed by atoms with Crippen LogP contribution in [0.2, 0.25) is 5.02 Å². The van der Waals surface area contributed by atoms with Crippen molar-refractivity contribution in [1.29, 1.82) is 0 Å². The molecule has 114 valence electrons. The zero-order valence-electron chi connectivity index (χ0n) is 11.6. The molecule has 0 atom stereocenters. The summed E-state index contributed by atoms with van der Waals surface area (Å²) in [6.45, 7) is 1.55. The molecular weight excluding hydrogens is 308 g/mol. The van der Waals surface area contributed by atoms with E-state index in [0.29, 0.717) is 10.7 Å². The lowest BCUT2D eigenvalue weighted by Gasteiger charge is -2.02. The summed E-state index contributed by atoms with van der Waals surface area (Å²) in [6.07, 6.45) is 1.25. The Morgan fingerprint density at radius 3 is 2.82 bits per heavy atom. The Labute approximate surface area is 130 Å². The molecule has 0 spiro atoms. The third kappa shape index (κ3) is 4.16.